The van der Waals surface area contributed by atoms with Gasteiger partial charge in [-0.25, -0.2) is 9.59 Å². The molecule has 8 atom stereocenters. The number of hydrogen-bond acceptors (Lipinski definition) is 5. The van der Waals surface area contributed by atoms with Gasteiger partial charge in [0.1, 0.15) is 11.5 Å². The van der Waals surface area contributed by atoms with Crippen LogP contribution in [0.4, 0.5) is 4.79 Å². The van der Waals surface area contributed by atoms with E-state index in [2.05, 4.69) is 50.9 Å². The molecule has 7 rings (SSSR count). The minimum absolute atomic E-state index is 0.00232. The SMILES string of the molecule is CC1(C)C(c2ccc(C(=O)O)cc2)=CCC2(C)C1CCC1(C)C2CCC2C3CCCC3(NC(=O)OCCCN3CC[S+]([O-])CC3)CC[C@]21C. The van der Waals surface area contributed by atoms with Gasteiger partial charge in [0.2, 0.25) is 0 Å². The van der Waals surface area contributed by atoms with Gasteiger partial charge in [-0.05, 0) is 133 Å². The Hall–Kier alpha value is -2.03. The van der Waals surface area contributed by atoms with Crippen molar-refractivity contribution >= 4 is 28.8 Å². The largest absolute Gasteiger partial charge is 0.616 e. The van der Waals surface area contributed by atoms with E-state index >= 15 is 0 Å². The van der Waals surface area contributed by atoms with E-state index in [1.807, 2.05) is 12.1 Å². The topological polar surface area (TPSA) is 102 Å². The first-order valence-electron chi connectivity index (χ1n) is 19.3. The average Bonchev–Trinajstić information content (AvgIpc) is 3.47. The van der Waals surface area contributed by atoms with E-state index in [-0.39, 0.29) is 33.3 Å². The molecule has 1 saturated heterocycles. The summed E-state index contributed by atoms with van der Waals surface area (Å²) in [4.78, 5) is 27.1. The molecule has 6 aliphatic rings. The van der Waals surface area contributed by atoms with Gasteiger partial charge in [-0.1, -0.05) is 70.4 Å². The average molecular weight is 693 g/mol. The summed E-state index contributed by atoms with van der Waals surface area (Å²) in [6.45, 7) is 15.9. The Labute approximate surface area is 297 Å². The van der Waals surface area contributed by atoms with E-state index in [1.165, 1.54) is 50.5 Å². The highest BCUT2D eigenvalue weighted by Crippen LogP contribution is 2.76. The van der Waals surface area contributed by atoms with Crippen LogP contribution >= 0.6 is 0 Å². The number of aromatic carboxylic acids is 1. The maximum Gasteiger partial charge on any atom is 0.407 e. The summed E-state index contributed by atoms with van der Waals surface area (Å²) in [5, 5.41) is 13.0. The van der Waals surface area contributed by atoms with Crippen LogP contribution in [-0.2, 0) is 15.9 Å². The number of ether oxygens (including phenoxy) is 1. The van der Waals surface area contributed by atoms with Gasteiger partial charge in [0.05, 0.1) is 12.2 Å². The van der Waals surface area contributed by atoms with Crippen LogP contribution in [0.1, 0.15) is 121 Å². The highest BCUT2D eigenvalue weighted by atomic mass is 32.2. The number of rotatable bonds is 7. The monoisotopic (exact) mass is 692 g/mol. The molecule has 270 valence electrons. The number of carbonyl (C=O) groups excluding carboxylic acids is 1. The minimum Gasteiger partial charge on any atom is -0.616 e. The molecule has 8 heteroatoms. The van der Waals surface area contributed by atoms with Crippen molar-refractivity contribution in [3.63, 3.8) is 0 Å². The first-order chi connectivity index (χ1) is 23.2. The van der Waals surface area contributed by atoms with Crippen LogP contribution in [0, 0.1) is 45.3 Å². The van der Waals surface area contributed by atoms with Gasteiger partial charge in [-0.3, -0.25) is 4.90 Å². The molecular formula is C41H60N2O5S. The normalized spacial score (nSPS) is 40.2. The standard InChI is InChI=1S/C41H60N2O5S/c1-37(2)30(28-9-11-29(12-10-28)35(44)45)15-18-38(3)33(37)16-19-40(5)34(38)14-13-31-32-8-6-17-41(32,21-20-39(31,40)4)42-36(46)48-25-7-22-43-23-26-49(47)27-24-43/h9-12,15,31-34H,6-8,13-14,16-27H2,1-5H3,(H,42,46)(H,44,45)/t31?,32?,33?,34?,38?,39-,40?,41?/m1/s1. The number of carbonyl (C=O) groups is 2. The van der Waals surface area contributed by atoms with Crippen molar-refractivity contribution in [3.05, 3.63) is 41.5 Å². The van der Waals surface area contributed by atoms with Crippen LogP contribution in [0.2, 0.25) is 0 Å². The number of alkyl carbamates (subject to hydrolysis) is 1. The van der Waals surface area contributed by atoms with Crippen LogP contribution in [0.3, 0.4) is 0 Å². The zero-order chi connectivity index (χ0) is 34.8. The summed E-state index contributed by atoms with van der Waals surface area (Å²) < 4.78 is 17.5. The van der Waals surface area contributed by atoms with E-state index in [9.17, 15) is 19.2 Å². The number of carboxylic acid groups (broad SMARTS) is 1. The molecule has 2 N–H and O–H groups in total. The van der Waals surface area contributed by atoms with Crippen molar-refractivity contribution in [2.45, 2.75) is 111 Å². The van der Waals surface area contributed by atoms with Crippen LogP contribution in [0.5, 0.6) is 0 Å². The Morgan fingerprint density at radius 3 is 2.37 bits per heavy atom. The van der Waals surface area contributed by atoms with Gasteiger partial charge in [0, 0.05) is 25.2 Å². The van der Waals surface area contributed by atoms with E-state index in [0.29, 0.717) is 35.8 Å². The van der Waals surface area contributed by atoms with Crippen LogP contribution in [-0.4, -0.2) is 69.9 Å². The number of nitrogens with zero attached hydrogens (tertiary/aromatic N) is 1. The Morgan fingerprint density at radius 2 is 1.65 bits per heavy atom. The smallest absolute Gasteiger partial charge is 0.407 e. The third-order valence-electron chi connectivity index (χ3n) is 15.9. The molecule has 5 fully saturated rings. The quantitative estimate of drug-likeness (QED) is 0.221. The van der Waals surface area contributed by atoms with E-state index in [1.54, 1.807) is 12.1 Å². The maximum absolute atomic E-state index is 13.3. The fourth-order valence-electron chi connectivity index (χ4n) is 13.3. The number of allylic oxidation sites excluding steroid dienone is 2. The second-order valence-corrected chi connectivity index (χ2v) is 19.7. The zero-order valence-corrected chi connectivity index (χ0v) is 31.5. The molecule has 0 radical (unpaired) electrons. The zero-order valence-electron chi connectivity index (χ0n) is 30.7. The third kappa shape index (κ3) is 5.78. The van der Waals surface area contributed by atoms with E-state index < -0.39 is 17.1 Å². The van der Waals surface area contributed by atoms with Crippen LogP contribution in [0.25, 0.3) is 5.57 Å². The number of carboxylic acids is 1. The summed E-state index contributed by atoms with van der Waals surface area (Å²) >= 11 is -0.665. The predicted octanol–water partition coefficient (Wildman–Crippen LogP) is 8.17. The van der Waals surface area contributed by atoms with E-state index in [0.717, 1.165) is 62.4 Å². The number of fused-ring (bicyclic) bond motifs is 7. The highest BCUT2D eigenvalue weighted by molar-refractivity contribution is 7.91. The minimum atomic E-state index is -0.875. The second kappa shape index (κ2) is 12.9. The maximum atomic E-state index is 13.3. The van der Waals surface area contributed by atoms with Crippen molar-refractivity contribution < 1.29 is 24.0 Å². The van der Waals surface area contributed by atoms with Crippen LogP contribution < -0.4 is 5.32 Å². The van der Waals surface area contributed by atoms with Crippen molar-refractivity contribution in [2.24, 2.45) is 45.3 Å². The Bertz CT molecular complexity index is 1450. The first-order valence-corrected chi connectivity index (χ1v) is 20.8. The van der Waals surface area contributed by atoms with Gasteiger partial charge in [0.15, 0.2) is 0 Å². The summed E-state index contributed by atoms with van der Waals surface area (Å²) in [6, 6.07) is 7.54. The summed E-state index contributed by atoms with van der Waals surface area (Å²) in [6.07, 6.45) is 14.8. The van der Waals surface area contributed by atoms with Crippen molar-refractivity contribution in [2.75, 3.05) is 37.7 Å². The van der Waals surface area contributed by atoms with Crippen molar-refractivity contribution in [3.8, 4) is 0 Å². The van der Waals surface area contributed by atoms with Gasteiger partial charge in [0.25, 0.3) is 0 Å². The van der Waals surface area contributed by atoms with Gasteiger partial charge >= 0.3 is 12.1 Å². The molecule has 5 aliphatic carbocycles. The fraction of sp³-hybridized carbons (Fsp3) is 0.756. The Kier molecular flexibility index (Phi) is 9.30. The number of amides is 1. The van der Waals surface area contributed by atoms with Crippen LogP contribution in [0.15, 0.2) is 30.3 Å². The molecule has 49 heavy (non-hydrogen) atoms. The lowest BCUT2D eigenvalue weighted by Crippen LogP contribution is -2.67. The first kappa shape index (κ1) is 35.4. The van der Waals surface area contributed by atoms with Crippen molar-refractivity contribution in [1.29, 1.82) is 0 Å². The molecule has 7 unspecified atom stereocenters. The lowest BCUT2D eigenvalue weighted by molar-refractivity contribution is -0.216. The number of nitrogens with one attached hydrogen (secondary N) is 1. The predicted molar refractivity (Wildman–Crippen MR) is 196 cm³/mol. The van der Waals surface area contributed by atoms with Crippen molar-refractivity contribution in [1.82, 2.24) is 10.2 Å². The molecular weight excluding hydrogens is 633 g/mol. The summed E-state index contributed by atoms with van der Waals surface area (Å²) in [5.74, 6) is 2.99. The molecule has 0 bridgehead atoms. The summed E-state index contributed by atoms with van der Waals surface area (Å²) in [7, 11) is 0. The molecule has 1 aromatic carbocycles. The van der Waals surface area contributed by atoms with Gasteiger partial charge in [-0.15, -0.1) is 0 Å². The Balaban J connectivity index is 1.05. The molecule has 1 amide bonds. The highest BCUT2D eigenvalue weighted by Gasteiger charge is 2.69. The summed E-state index contributed by atoms with van der Waals surface area (Å²) in [5.41, 5.74) is 3.47. The molecule has 4 saturated carbocycles. The third-order valence-corrected chi connectivity index (χ3v) is 17.1. The van der Waals surface area contributed by atoms with Gasteiger partial charge < -0.3 is 19.7 Å². The lowest BCUT2D eigenvalue weighted by atomic mass is 9.33. The van der Waals surface area contributed by atoms with E-state index in [4.69, 9.17) is 4.74 Å². The molecule has 1 aromatic rings. The molecule has 0 spiro atoms. The van der Waals surface area contributed by atoms with Gasteiger partial charge in [-0.2, -0.15) is 0 Å². The number of hydrogen-bond donors (Lipinski definition) is 2. The lowest BCUT2D eigenvalue weighted by Gasteiger charge is -2.72. The molecule has 7 nitrogen and oxygen atoms in total. The molecule has 1 aliphatic heterocycles. The fourth-order valence-corrected chi connectivity index (χ4v) is 14.4. The molecule has 1 heterocycles. The number of benzene rings is 1. The Morgan fingerprint density at radius 1 is 0.918 bits per heavy atom. The second-order valence-electron chi connectivity index (χ2n) is 18.1. The molecule has 0 aromatic heterocycles.